The van der Waals surface area contributed by atoms with Crippen molar-refractivity contribution in [3.63, 3.8) is 0 Å². The quantitative estimate of drug-likeness (QED) is 0.623. The molecule has 0 aliphatic carbocycles. The lowest BCUT2D eigenvalue weighted by atomic mass is 10.4. The van der Waals surface area contributed by atoms with E-state index in [1.165, 1.54) is 0 Å². The zero-order chi connectivity index (χ0) is 11.0. The van der Waals surface area contributed by atoms with E-state index in [4.69, 9.17) is 9.11 Å². The summed E-state index contributed by atoms with van der Waals surface area (Å²) < 4.78 is 59.2. The molecule has 1 aromatic rings. The molecule has 8 nitrogen and oxygen atoms in total. The van der Waals surface area contributed by atoms with Gasteiger partial charge in [0.25, 0.3) is 20.2 Å². The number of rotatable bonds is 2. The zero-order valence-corrected chi connectivity index (χ0v) is 9.29. The van der Waals surface area contributed by atoms with Crippen molar-refractivity contribution in [3.8, 4) is 0 Å². The van der Waals surface area contributed by atoms with E-state index in [-0.39, 0.29) is 11.0 Å². The van der Waals surface area contributed by atoms with Crippen molar-refractivity contribution in [1.82, 2.24) is 0 Å². The molecule has 1 rings (SSSR count). The van der Waals surface area contributed by atoms with Crippen LogP contribution < -0.4 is 0 Å². The minimum absolute atomic E-state index is 0. The van der Waals surface area contributed by atoms with Gasteiger partial charge < -0.3 is 11.0 Å². The molecule has 10 heteroatoms. The fraction of sp³-hybridized carbons (Fsp3) is 0. The summed E-state index contributed by atoms with van der Waals surface area (Å²) in [4.78, 5) is -0.880. The van der Waals surface area contributed by atoms with Gasteiger partial charge in [0.1, 0.15) is 0 Å². The van der Waals surface area contributed by atoms with Crippen LogP contribution in [-0.2, 0) is 20.2 Å². The molecule has 0 bridgehead atoms. The predicted molar refractivity (Wildman–Crippen MR) is 53.3 cm³/mol. The molecular formula is C6H10O8S2. The predicted octanol–water partition coefficient (Wildman–Crippen LogP) is -1.47. The van der Waals surface area contributed by atoms with Crippen LogP contribution in [0.2, 0.25) is 0 Å². The Morgan fingerprint density at radius 2 is 0.875 bits per heavy atom. The Hall–Kier alpha value is -1.04. The van der Waals surface area contributed by atoms with Gasteiger partial charge in [0.05, 0.1) is 9.79 Å². The van der Waals surface area contributed by atoms with Crippen LogP contribution in [0.25, 0.3) is 0 Å². The van der Waals surface area contributed by atoms with Crippen LogP contribution in [0.1, 0.15) is 0 Å². The van der Waals surface area contributed by atoms with Gasteiger partial charge in [0, 0.05) is 0 Å². The lowest BCUT2D eigenvalue weighted by Crippen LogP contribution is -2.01. The lowest BCUT2D eigenvalue weighted by Gasteiger charge is -1.98. The Labute approximate surface area is 91.7 Å². The Balaban J connectivity index is 0. The summed E-state index contributed by atoms with van der Waals surface area (Å²) in [5, 5.41) is 0. The van der Waals surface area contributed by atoms with Gasteiger partial charge in [-0.15, -0.1) is 0 Å². The highest BCUT2D eigenvalue weighted by molar-refractivity contribution is 7.86. The number of hydrogen-bond acceptors (Lipinski definition) is 4. The van der Waals surface area contributed by atoms with Crippen LogP contribution in [0, 0.1) is 0 Å². The summed E-state index contributed by atoms with van der Waals surface area (Å²) in [5.41, 5.74) is 0. The fourth-order valence-electron chi connectivity index (χ4n) is 0.784. The second-order valence-corrected chi connectivity index (χ2v) is 5.26. The van der Waals surface area contributed by atoms with Crippen molar-refractivity contribution < 1.29 is 36.9 Å². The fourth-order valence-corrected chi connectivity index (χ4v) is 1.74. The Morgan fingerprint density at radius 3 is 1.00 bits per heavy atom. The molecule has 0 spiro atoms. The van der Waals surface area contributed by atoms with E-state index in [1.54, 1.807) is 0 Å². The largest absolute Gasteiger partial charge is 0.412 e. The van der Waals surface area contributed by atoms with E-state index in [1.807, 2.05) is 0 Å². The molecule has 0 saturated heterocycles. The minimum Gasteiger partial charge on any atom is -0.412 e. The van der Waals surface area contributed by atoms with Crippen molar-refractivity contribution in [3.05, 3.63) is 24.3 Å². The maximum atomic E-state index is 10.5. The lowest BCUT2D eigenvalue weighted by molar-refractivity contribution is 0.478. The van der Waals surface area contributed by atoms with Gasteiger partial charge in [-0.05, 0) is 24.3 Å². The van der Waals surface area contributed by atoms with Crippen LogP contribution in [0.3, 0.4) is 0 Å². The van der Waals surface area contributed by atoms with Crippen LogP contribution in [0.15, 0.2) is 34.1 Å². The second kappa shape index (κ2) is 5.34. The molecule has 0 amide bonds. The molecule has 6 N–H and O–H groups in total. The molecule has 94 valence electrons. The Bertz CT molecular complexity index is 475. The van der Waals surface area contributed by atoms with Crippen molar-refractivity contribution >= 4 is 20.2 Å². The van der Waals surface area contributed by atoms with Gasteiger partial charge in [-0.2, -0.15) is 16.8 Å². The third-order valence-electron chi connectivity index (χ3n) is 1.42. The summed E-state index contributed by atoms with van der Waals surface area (Å²) in [7, 11) is -8.68. The van der Waals surface area contributed by atoms with Crippen LogP contribution in [-0.4, -0.2) is 36.9 Å². The SMILES string of the molecule is O.O.O=S(=O)(O)c1ccc(S(=O)(=O)O)cc1. The van der Waals surface area contributed by atoms with Crippen molar-refractivity contribution in [2.24, 2.45) is 0 Å². The first-order chi connectivity index (χ1) is 6.21. The molecule has 0 heterocycles. The van der Waals surface area contributed by atoms with E-state index in [0.29, 0.717) is 0 Å². The van der Waals surface area contributed by atoms with Crippen molar-refractivity contribution in [2.75, 3.05) is 0 Å². The normalized spacial score (nSPS) is 11.1. The molecule has 0 fully saturated rings. The van der Waals surface area contributed by atoms with Crippen LogP contribution in [0.4, 0.5) is 0 Å². The van der Waals surface area contributed by atoms with E-state index in [0.717, 1.165) is 24.3 Å². The maximum absolute atomic E-state index is 10.5. The molecule has 16 heavy (non-hydrogen) atoms. The molecule has 0 unspecified atom stereocenters. The summed E-state index contributed by atoms with van der Waals surface area (Å²) in [6, 6.07) is 3.49. The minimum atomic E-state index is -4.34. The molecular weight excluding hydrogens is 264 g/mol. The average Bonchev–Trinajstić information content (AvgIpc) is 2.01. The summed E-state index contributed by atoms with van der Waals surface area (Å²) in [6.07, 6.45) is 0. The third kappa shape index (κ3) is 4.22. The topological polar surface area (TPSA) is 172 Å². The Morgan fingerprint density at radius 1 is 0.688 bits per heavy atom. The second-order valence-electron chi connectivity index (χ2n) is 2.42. The van der Waals surface area contributed by atoms with Gasteiger partial charge >= 0.3 is 0 Å². The third-order valence-corrected chi connectivity index (χ3v) is 3.16. The van der Waals surface area contributed by atoms with Gasteiger partial charge in [-0.3, -0.25) is 9.11 Å². The van der Waals surface area contributed by atoms with Crippen LogP contribution >= 0.6 is 0 Å². The number of hydrogen-bond donors (Lipinski definition) is 2. The van der Waals surface area contributed by atoms with Gasteiger partial charge in [-0.1, -0.05) is 0 Å². The first-order valence-corrected chi connectivity index (χ1v) is 6.14. The monoisotopic (exact) mass is 274 g/mol. The van der Waals surface area contributed by atoms with Gasteiger partial charge in [0.2, 0.25) is 0 Å². The molecule has 0 aliphatic heterocycles. The van der Waals surface area contributed by atoms with E-state index in [2.05, 4.69) is 0 Å². The molecule has 0 radical (unpaired) electrons. The first-order valence-electron chi connectivity index (χ1n) is 3.26. The van der Waals surface area contributed by atoms with Gasteiger partial charge in [0.15, 0.2) is 0 Å². The molecule has 0 aromatic heterocycles. The van der Waals surface area contributed by atoms with E-state index < -0.39 is 30.0 Å². The summed E-state index contributed by atoms with van der Waals surface area (Å²) in [6.45, 7) is 0. The summed E-state index contributed by atoms with van der Waals surface area (Å²) in [5.74, 6) is 0. The first kappa shape index (κ1) is 17.4. The van der Waals surface area contributed by atoms with E-state index in [9.17, 15) is 16.8 Å². The van der Waals surface area contributed by atoms with Gasteiger partial charge in [-0.25, -0.2) is 0 Å². The zero-order valence-electron chi connectivity index (χ0n) is 7.65. The van der Waals surface area contributed by atoms with E-state index >= 15 is 0 Å². The average molecular weight is 274 g/mol. The molecule has 0 aliphatic rings. The highest BCUT2D eigenvalue weighted by Gasteiger charge is 2.13. The maximum Gasteiger partial charge on any atom is 0.294 e. The summed E-state index contributed by atoms with van der Waals surface area (Å²) >= 11 is 0. The van der Waals surface area contributed by atoms with Crippen LogP contribution in [0.5, 0.6) is 0 Å². The molecule has 0 atom stereocenters. The molecule has 0 saturated carbocycles. The van der Waals surface area contributed by atoms with Crippen molar-refractivity contribution in [1.29, 1.82) is 0 Å². The smallest absolute Gasteiger partial charge is 0.294 e. The van der Waals surface area contributed by atoms with Crippen molar-refractivity contribution in [2.45, 2.75) is 9.79 Å². The number of benzene rings is 1. The molecule has 1 aromatic carbocycles. The standard InChI is InChI=1S/C6H6O6S2.2H2O/c7-13(8,9)5-1-2-6(4-3-5)14(10,11)12;;/h1-4H,(H,7,8,9)(H,10,11,12);2*1H2. The Kier molecular flexibility index (Phi) is 5.79. The highest BCUT2D eigenvalue weighted by Crippen LogP contribution is 2.13. The highest BCUT2D eigenvalue weighted by atomic mass is 32.2.